The molecule has 0 bridgehead atoms. The van der Waals surface area contributed by atoms with Crippen molar-refractivity contribution < 1.29 is 8.63 Å². The van der Waals surface area contributed by atoms with Crippen LogP contribution in [0.4, 0.5) is 0 Å². The second kappa shape index (κ2) is 8.57. The molecular formula is C20H44N4O2SSi2. The summed E-state index contributed by atoms with van der Waals surface area (Å²) in [6, 6.07) is 0.193. The van der Waals surface area contributed by atoms with Crippen LogP contribution in [0.1, 0.15) is 73.4 Å². The summed E-state index contributed by atoms with van der Waals surface area (Å²) >= 11 is 0. The smallest absolute Gasteiger partial charge is 0.195 e. The molecule has 0 aliphatic heterocycles. The zero-order chi connectivity index (χ0) is 23.1. The van der Waals surface area contributed by atoms with Crippen molar-refractivity contribution in [2.75, 3.05) is 0 Å². The van der Waals surface area contributed by atoms with E-state index in [-0.39, 0.29) is 16.1 Å². The van der Waals surface area contributed by atoms with E-state index in [0.29, 0.717) is 11.6 Å². The Bertz CT molecular complexity index is 827. The van der Waals surface area contributed by atoms with Gasteiger partial charge >= 0.3 is 0 Å². The molecule has 2 N–H and O–H groups in total. The number of rotatable bonds is 7. The van der Waals surface area contributed by atoms with Crippen molar-refractivity contribution in [1.82, 2.24) is 9.78 Å². The quantitative estimate of drug-likeness (QED) is 0.500. The van der Waals surface area contributed by atoms with Crippen LogP contribution in [0.5, 0.6) is 0 Å². The molecule has 0 radical (unpaired) electrons. The predicted octanol–water partition coefficient (Wildman–Crippen LogP) is 6.08. The van der Waals surface area contributed by atoms with Crippen LogP contribution in [0.15, 0.2) is 15.3 Å². The van der Waals surface area contributed by atoms with Crippen molar-refractivity contribution in [3.8, 4) is 0 Å². The molecular weight excluding hydrogens is 416 g/mol. The summed E-state index contributed by atoms with van der Waals surface area (Å²) in [6.45, 7) is 26.3. The average molecular weight is 461 g/mol. The van der Waals surface area contributed by atoms with Gasteiger partial charge in [0.1, 0.15) is 9.92 Å². The van der Waals surface area contributed by atoms with Crippen LogP contribution in [-0.4, -0.2) is 30.5 Å². The molecule has 9 heteroatoms. The third-order valence-electron chi connectivity index (χ3n) is 6.68. The molecule has 1 heterocycles. The monoisotopic (exact) mass is 460 g/mol. The first-order valence-corrected chi connectivity index (χ1v) is 18.0. The van der Waals surface area contributed by atoms with Gasteiger partial charge in [0.2, 0.25) is 0 Å². The predicted molar refractivity (Wildman–Crippen MR) is 129 cm³/mol. The fourth-order valence-electron chi connectivity index (χ4n) is 2.16. The van der Waals surface area contributed by atoms with Crippen LogP contribution >= 0.6 is 0 Å². The first-order valence-electron chi connectivity index (χ1n) is 10.5. The van der Waals surface area contributed by atoms with Crippen molar-refractivity contribution in [1.29, 1.82) is 0 Å². The molecule has 0 amide bonds. The lowest BCUT2D eigenvalue weighted by molar-refractivity contribution is 0.273. The van der Waals surface area contributed by atoms with Crippen molar-refractivity contribution in [2.45, 2.75) is 116 Å². The van der Waals surface area contributed by atoms with Gasteiger partial charge in [0, 0.05) is 17.8 Å². The van der Waals surface area contributed by atoms with Crippen molar-refractivity contribution in [2.24, 2.45) is 9.17 Å². The Hall–Kier alpha value is -0.486. The van der Waals surface area contributed by atoms with E-state index >= 15 is 0 Å². The van der Waals surface area contributed by atoms with E-state index in [4.69, 9.17) is 13.6 Å². The van der Waals surface area contributed by atoms with Crippen LogP contribution in [0.25, 0.3) is 0 Å². The number of aromatic nitrogens is 2. The van der Waals surface area contributed by atoms with Gasteiger partial charge in [-0.15, -0.1) is 0 Å². The molecule has 170 valence electrons. The molecule has 6 nitrogen and oxygen atoms in total. The third-order valence-corrected chi connectivity index (χ3v) is 18.6. The summed E-state index contributed by atoms with van der Waals surface area (Å²) in [5.41, 5.74) is 0.796. The van der Waals surface area contributed by atoms with Gasteiger partial charge in [0.05, 0.1) is 6.61 Å². The summed E-state index contributed by atoms with van der Waals surface area (Å²) in [5.74, 6) is 0. The molecule has 2 unspecified atom stereocenters. The molecule has 0 saturated heterocycles. The normalized spacial score (nSPS) is 17.1. The maximum Gasteiger partial charge on any atom is 0.195 e. The van der Waals surface area contributed by atoms with Crippen molar-refractivity contribution >= 4 is 26.5 Å². The summed E-state index contributed by atoms with van der Waals surface area (Å²) in [7, 11) is -7.30. The minimum atomic E-state index is -3.12. The van der Waals surface area contributed by atoms with Crippen LogP contribution in [0.3, 0.4) is 0 Å². The summed E-state index contributed by atoms with van der Waals surface area (Å²) < 4.78 is 26.7. The van der Waals surface area contributed by atoms with Gasteiger partial charge in [-0.2, -0.15) is 5.10 Å². The first-order chi connectivity index (χ1) is 12.7. The van der Waals surface area contributed by atoms with Gasteiger partial charge in [-0.1, -0.05) is 48.5 Å². The largest absolute Gasteiger partial charge is 0.412 e. The van der Waals surface area contributed by atoms with E-state index in [0.717, 1.165) is 12.0 Å². The molecule has 0 aliphatic carbocycles. The van der Waals surface area contributed by atoms with E-state index in [1.54, 1.807) is 0 Å². The Morgan fingerprint density at radius 1 is 1.17 bits per heavy atom. The molecule has 0 aliphatic rings. The first kappa shape index (κ1) is 26.5. The Morgan fingerprint density at radius 2 is 1.69 bits per heavy atom. The maximum absolute atomic E-state index is 13.6. The molecule has 0 aromatic carbocycles. The van der Waals surface area contributed by atoms with E-state index in [1.165, 1.54) is 0 Å². The SMILES string of the molecule is CCC(C)n1cc(CO[Si](C)(C)C(C)(C)C)c(S(N)(=O)=N[Si](C)(C)C(C)(C)C)n1. The fraction of sp³-hybridized carbons (Fsp3) is 0.850. The minimum absolute atomic E-state index is 0.0495. The highest BCUT2D eigenvalue weighted by molar-refractivity contribution is 7.92. The molecule has 2 atom stereocenters. The topological polar surface area (TPSA) is 82.5 Å². The Morgan fingerprint density at radius 3 is 2.10 bits per heavy atom. The van der Waals surface area contributed by atoms with E-state index in [9.17, 15) is 4.21 Å². The van der Waals surface area contributed by atoms with Crippen LogP contribution in [0.2, 0.25) is 36.3 Å². The molecule has 0 saturated carbocycles. The van der Waals surface area contributed by atoms with Crippen molar-refractivity contribution in [3.05, 3.63) is 11.8 Å². The van der Waals surface area contributed by atoms with Gasteiger partial charge in [-0.3, -0.25) is 8.71 Å². The van der Waals surface area contributed by atoms with Crippen LogP contribution < -0.4 is 5.14 Å². The second-order valence-electron chi connectivity index (χ2n) is 11.2. The van der Waals surface area contributed by atoms with Crippen LogP contribution in [0, 0.1) is 0 Å². The average Bonchev–Trinajstić information content (AvgIpc) is 2.94. The number of nitrogens with two attached hydrogens (primary N) is 1. The molecule has 1 rings (SSSR count). The van der Waals surface area contributed by atoms with E-state index in [2.05, 4.69) is 86.7 Å². The molecule has 1 aromatic heterocycles. The Labute approximate surface area is 181 Å². The molecule has 29 heavy (non-hydrogen) atoms. The van der Waals surface area contributed by atoms with Crippen molar-refractivity contribution in [3.63, 3.8) is 0 Å². The highest BCUT2D eigenvalue weighted by Crippen LogP contribution is 2.39. The standard InChI is InChI=1S/C20H44N4O2SSi2/c1-13-16(2)24-14-17(15-26-29(11,12)20(6,7)8)18(22-24)27(21,25)23-28(9,10)19(3,4)5/h14,16H,13,15H2,1-12H3,(H2,21,23,25). The third kappa shape index (κ3) is 6.25. The molecule has 1 aromatic rings. The fourth-order valence-corrected chi connectivity index (χ4v) is 7.97. The zero-order valence-corrected chi connectivity index (χ0v) is 23.5. The summed E-state index contributed by atoms with van der Waals surface area (Å²) in [6.07, 6.45) is 2.87. The van der Waals surface area contributed by atoms with Gasteiger partial charge in [-0.05, 0) is 49.6 Å². The van der Waals surface area contributed by atoms with Gasteiger partial charge in [0.25, 0.3) is 0 Å². The van der Waals surface area contributed by atoms with E-state index < -0.39 is 26.5 Å². The lowest BCUT2D eigenvalue weighted by Crippen LogP contribution is -2.40. The highest BCUT2D eigenvalue weighted by Gasteiger charge is 2.39. The summed E-state index contributed by atoms with van der Waals surface area (Å²) in [4.78, 5) is 0. The van der Waals surface area contributed by atoms with Gasteiger partial charge in [0.15, 0.2) is 21.6 Å². The molecule has 0 fully saturated rings. The summed E-state index contributed by atoms with van der Waals surface area (Å²) in [5, 5.41) is 11.5. The minimum Gasteiger partial charge on any atom is -0.412 e. The lowest BCUT2D eigenvalue weighted by Gasteiger charge is -2.36. The lowest BCUT2D eigenvalue weighted by atomic mass is 10.2. The number of nitrogens with zero attached hydrogens (tertiary/aromatic N) is 3. The van der Waals surface area contributed by atoms with E-state index in [1.807, 2.05) is 10.9 Å². The van der Waals surface area contributed by atoms with Crippen LogP contribution in [-0.2, 0) is 20.9 Å². The number of hydrogen-bond acceptors (Lipinski definition) is 4. The zero-order valence-electron chi connectivity index (χ0n) is 20.7. The highest BCUT2D eigenvalue weighted by atomic mass is 32.2. The van der Waals surface area contributed by atoms with Gasteiger partial charge in [-0.25, -0.2) is 9.35 Å². The Kier molecular flexibility index (Phi) is 7.84. The number of hydrogen-bond donors (Lipinski definition) is 1. The van der Waals surface area contributed by atoms with Gasteiger partial charge < -0.3 is 4.43 Å². The maximum atomic E-state index is 13.6. The second-order valence-corrected chi connectivity index (χ2v) is 22.9. The Balaban J connectivity index is 3.50. The molecule has 0 spiro atoms.